The van der Waals surface area contributed by atoms with E-state index in [9.17, 15) is 22.0 Å². The zero-order chi connectivity index (χ0) is 34.8. The van der Waals surface area contributed by atoms with Crippen LogP contribution in [0.15, 0.2) is 78.9 Å². The molecule has 1 saturated heterocycles. The first-order valence-electron chi connectivity index (χ1n) is 14.3. The van der Waals surface area contributed by atoms with Gasteiger partial charge < -0.3 is 18.9 Å². The van der Waals surface area contributed by atoms with E-state index in [1.807, 2.05) is 19.1 Å². The molecule has 1 aliphatic heterocycles. The maximum absolute atomic E-state index is 15.1. The standard InChI is InChI=1S/C34H24F10O4/c1-2-3-4-18-16-45-32(46-17-18)20-5-8-24(25(35)12-20)21-13-28(38)31(29(39)14-21)33(40,41)47-22-7-9-23(26(36)15-22)19-6-10-30(27(37)11-19)48-34(42,43)44/h3-15,18,32H,2,16-17H2,1H3. The van der Waals surface area contributed by atoms with Crippen LogP contribution in [0.1, 0.15) is 30.8 Å². The molecule has 0 aliphatic carbocycles. The van der Waals surface area contributed by atoms with E-state index in [-0.39, 0.29) is 17.0 Å². The minimum absolute atomic E-state index is 0.0254. The van der Waals surface area contributed by atoms with Crippen molar-refractivity contribution in [3.8, 4) is 33.8 Å². The number of rotatable bonds is 9. The third-order valence-electron chi connectivity index (χ3n) is 7.13. The van der Waals surface area contributed by atoms with Gasteiger partial charge in [-0.05, 0) is 60.0 Å². The van der Waals surface area contributed by atoms with Crippen LogP contribution in [-0.2, 0) is 15.6 Å². The average molecular weight is 687 g/mol. The highest BCUT2D eigenvalue weighted by molar-refractivity contribution is 5.67. The van der Waals surface area contributed by atoms with E-state index in [0.717, 1.165) is 30.7 Å². The number of benzene rings is 4. The van der Waals surface area contributed by atoms with Gasteiger partial charge in [0.2, 0.25) is 0 Å². The summed E-state index contributed by atoms with van der Waals surface area (Å²) < 4.78 is 160. The SMILES string of the molecule is CCC=CC1COC(c2ccc(-c3cc(F)c(C(F)(F)Oc4ccc(-c5ccc(OC(F)(F)F)c(F)c5)c(F)c4)c(F)c3)c(F)c2)OC1. The van der Waals surface area contributed by atoms with Crippen LogP contribution in [0, 0.1) is 35.0 Å². The Balaban J connectivity index is 1.32. The Morgan fingerprint density at radius 3 is 1.88 bits per heavy atom. The molecule has 0 unspecified atom stereocenters. The average Bonchev–Trinajstić information content (AvgIpc) is 3.00. The van der Waals surface area contributed by atoms with E-state index in [1.165, 1.54) is 12.1 Å². The van der Waals surface area contributed by atoms with Gasteiger partial charge in [-0.2, -0.15) is 8.78 Å². The first kappa shape index (κ1) is 34.8. The normalized spacial score (nSPS) is 17.1. The zero-order valence-electron chi connectivity index (χ0n) is 24.7. The van der Waals surface area contributed by atoms with Crippen molar-refractivity contribution >= 4 is 0 Å². The van der Waals surface area contributed by atoms with Crippen molar-refractivity contribution in [3.05, 3.63) is 119 Å². The Kier molecular flexibility index (Phi) is 10.1. The molecule has 4 nitrogen and oxygen atoms in total. The molecule has 0 N–H and O–H groups in total. The number of ether oxygens (including phenoxy) is 4. The molecule has 14 heteroatoms. The van der Waals surface area contributed by atoms with E-state index in [4.69, 9.17) is 9.47 Å². The lowest BCUT2D eigenvalue weighted by Crippen LogP contribution is -2.26. The molecule has 0 saturated carbocycles. The summed E-state index contributed by atoms with van der Waals surface area (Å²) in [6, 6.07) is 8.63. The Hall–Kier alpha value is -4.56. The molecule has 5 rings (SSSR count). The van der Waals surface area contributed by atoms with Crippen LogP contribution in [0.5, 0.6) is 11.5 Å². The largest absolute Gasteiger partial charge is 0.573 e. The van der Waals surface area contributed by atoms with Crippen molar-refractivity contribution in [1.29, 1.82) is 0 Å². The molecule has 0 atom stereocenters. The summed E-state index contributed by atoms with van der Waals surface area (Å²) in [5.74, 6) is -9.34. The summed E-state index contributed by atoms with van der Waals surface area (Å²) >= 11 is 0. The molecule has 254 valence electrons. The fourth-order valence-electron chi connectivity index (χ4n) is 4.94. The van der Waals surface area contributed by atoms with Gasteiger partial charge in [0.15, 0.2) is 17.9 Å². The van der Waals surface area contributed by atoms with Crippen LogP contribution in [0.2, 0.25) is 0 Å². The quantitative estimate of drug-likeness (QED) is 0.130. The maximum Gasteiger partial charge on any atom is 0.573 e. The molecular weight excluding hydrogens is 662 g/mol. The zero-order valence-corrected chi connectivity index (χ0v) is 24.7. The number of halogens is 10. The lowest BCUT2D eigenvalue weighted by Gasteiger charge is -2.28. The Morgan fingerprint density at radius 1 is 0.688 bits per heavy atom. The molecule has 1 heterocycles. The van der Waals surface area contributed by atoms with Crippen molar-refractivity contribution in [1.82, 2.24) is 0 Å². The minimum Gasteiger partial charge on any atom is -0.429 e. The molecule has 4 aromatic carbocycles. The van der Waals surface area contributed by atoms with Crippen molar-refractivity contribution < 1.29 is 62.9 Å². The molecule has 48 heavy (non-hydrogen) atoms. The van der Waals surface area contributed by atoms with Crippen LogP contribution in [0.25, 0.3) is 22.3 Å². The first-order chi connectivity index (χ1) is 22.6. The summed E-state index contributed by atoms with van der Waals surface area (Å²) in [5, 5.41) is 0. The number of hydrogen-bond acceptors (Lipinski definition) is 4. The molecular formula is C34H24F10O4. The van der Waals surface area contributed by atoms with Gasteiger partial charge in [0.1, 0.15) is 34.6 Å². The monoisotopic (exact) mass is 686 g/mol. The fourth-order valence-corrected chi connectivity index (χ4v) is 4.94. The Morgan fingerprint density at radius 2 is 1.29 bits per heavy atom. The van der Waals surface area contributed by atoms with Crippen molar-refractivity contribution in [2.24, 2.45) is 5.92 Å². The van der Waals surface area contributed by atoms with E-state index >= 15 is 22.0 Å². The van der Waals surface area contributed by atoms with Crippen molar-refractivity contribution in [3.63, 3.8) is 0 Å². The van der Waals surface area contributed by atoms with Gasteiger partial charge >= 0.3 is 12.5 Å². The summed E-state index contributed by atoms with van der Waals surface area (Å²) in [7, 11) is 0. The predicted molar refractivity (Wildman–Crippen MR) is 152 cm³/mol. The third-order valence-corrected chi connectivity index (χ3v) is 7.13. The number of allylic oxidation sites excluding steroid dienone is 1. The molecule has 4 aromatic rings. The summed E-state index contributed by atoms with van der Waals surface area (Å²) in [6.07, 6.45) is -6.02. The molecule has 1 aliphatic rings. The second-order valence-corrected chi connectivity index (χ2v) is 10.6. The topological polar surface area (TPSA) is 36.9 Å². The van der Waals surface area contributed by atoms with E-state index < -0.39 is 76.0 Å². The van der Waals surface area contributed by atoms with Gasteiger partial charge in [-0.1, -0.05) is 37.3 Å². The number of alkyl halides is 5. The Labute approximate surface area is 267 Å². The van der Waals surface area contributed by atoms with Crippen LogP contribution in [0.4, 0.5) is 43.9 Å². The van der Waals surface area contributed by atoms with Gasteiger partial charge in [0.05, 0.1) is 13.2 Å². The van der Waals surface area contributed by atoms with Crippen LogP contribution in [0.3, 0.4) is 0 Å². The summed E-state index contributed by atoms with van der Waals surface area (Å²) in [4.78, 5) is 0. The predicted octanol–water partition coefficient (Wildman–Crippen LogP) is 10.4. The second-order valence-electron chi connectivity index (χ2n) is 10.6. The Bertz CT molecular complexity index is 1790. The van der Waals surface area contributed by atoms with Crippen LogP contribution < -0.4 is 9.47 Å². The molecule has 1 fully saturated rings. The lowest BCUT2D eigenvalue weighted by molar-refractivity contribution is -0.275. The molecule has 0 amide bonds. The van der Waals surface area contributed by atoms with Gasteiger partial charge in [0.25, 0.3) is 0 Å². The lowest BCUT2D eigenvalue weighted by atomic mass is 10.00. The van der Waals surface area contributed by atoms with Crippen LogP contribution in [-0.4, -0.2) is 19.6 Å². The molecule has 0 spiro atoms. The molecule has 0 aromatic heterocycles. The molecule has 0 radical (unpaired) electrons. The first-order valence-corrected chi connectivity index (χ1v) is 14.3. The van der Waals surface area contributed by atoms with Crippen molar-refractivity contribution in [2.45, 2.75) is 32.1 Å². The summed E-state index contributed by atoms with van der Waals surface area (Å²) in [6.45, 7) is 2.63. The van der Waals surface area contributed by atoms with Crippen molar-refractivity contribution in [2.75, 3.05) is 13.2 Å². The van der Waals surface area contributed by atoms with Gasteiger partial charge in [-0.3, -0.25) is 0 Å². The van der Waals surface area contributed by atoms with E-state index in [0.29, 0.717) is 49.1 Å². The van der Waals surface area contributed by atoms with Gasteiger partial charge in [-0.15, -0.1) is 13.2 Å². The van der Waals surface area contributed by atoms with Crippen LogP contribution >= 0.6 is 0 Å². The smallest absolute Gasteiger partial charge is 0.429 e. The third kappa shape index (κ3) is 7.93. The second kappa shape index (κ2) is 13.9. The van der Waals surface area contributed by atoms with Gasteiger partial charge in [0, 0.05) is 28.7 Å². The van der Waals surface area contributed by atoms with E-state index in [1.54, 1.807) is 0 Å². The molecule has 0 bridgehead atoms. The summed E-state index contributed by atoms with van der Waals surface area (Å²) in [5.41, 5.74) is -2.96. The highest BCUT2D eigenvalue weighted by Crippen LogP contribution is 2.39. The van der Waals surface area contributed by atoms with Gasteiger partial charge in [-0.25, -0.2) is 22.0 Å². The fraction of sp³-hybridized carbons (Fsp3) is 0.235. The van der Waals surface area contributed by atoms with E-state index in [2.05, 4.69) is 9.47 Å². The maximum atomic E-state index is 15.1. The highest BCUT2D eigenvalue weighted by Gasteiger charge is 2.41. The highest BCUT2D eigenvalue weighted by atomic mass is 19.4. The minimum atomic E-state index is -5.19. The number of hydrogen-bond donors (Lipinski definition) is 0.